The molecule has 12 nitrogen and oxygen atoms in total. The molecular formula is C61H78FN3O9S. The number of oxime groups is 1. The molecule has 1 amide bonds. The number of amides is 1. The van der Waals surface area contributed by atoms with Gasteiger partial charge in [0.15, 0.2) is 0 Å². The molecule has 6 unspecified atom stereocenters. The third-order valence-corrected chi connectivity index (χ3v) is 16.0. The van der Waals surface area contributed by atoms with Crippen LogP contribution >= 0.6 is 11.8 Å². The number of rotatable bonds is 33. The lowest BCUT2D eigenvalue weighted by atomic mass is 9.55. The highest BCUT2D eigenvalue weighted by molar-refractivity contribution is 7.99. The van der Waals surface area contributed by atoms with Crippen LogP contribution in [-0.2, 0) is 27.5 Å². The van der Waals surface area contributed by atoms with Crippen molar-refractivity contribution in [3.05, 3.63) is 154 Å². The topological polar surface area (TPSA) is 153 Å². The molecule has 75 heavy (non-hydrogen) atoms. The minimum Gasteiger partial charge on any atom is -0.493 e. The number of thioether (sulfide) groups is 1. The number of non-ortho nitro benzene ring substituents is 1. The number of benzene rings is 4. The summed E-state index contributed by atoms with van der Waals surface area (Å²) >= 11 is 1.73. The van der Waals surface area contributed by atoms with Gasteiger partial charge in [0.1, 0.15) is 30.0 Å². The average Bonchev–Trinajstić information content (AvgIpc) is 3.42. The van der Waals surface area contributed by atoms with E-state index in [-0.39, 0.29) is 74.6 Å². The molecule has 2 aliphatic carbocycles. The van der Waals surface area contributed by atoms with Crippen LogP contribution in [0.5, 0.6) is 11.5 Å². The summed E-state index contributed by atoms with van der Waals surface area (Å²) in [5.41, 5.74) is 3.89. The van der Waals surface area contributed by atoms with Gasteiger partial charge in [0.25, 0.3) is 5.69 Å². The van der Waals surface area contributed by atoms with E-state index in [1.807, 2.05) is 35.2 Å². The molecule has 1 saturated carbocycles. The molecule has 14 heteroatoms. The van der Waals surface area contributed by atoms with Crippen molar-refractivity contribution in [3.63, 3.8) is 0 Å². The Morgan fingerprint density at radius 1 is 0.893 bits per heavy atom. The fraction of sp³-hybridized carbons (Fsp3) is 0.508. The number of carbonyl (C=O) groups is 1. The third kappa shape index (κ3) is 15.5. The Balaban J connectivity index is 1.34. The van der Waals surface area contributed by atoms with Crippen molar-refractivity contribution in [2.24, 2.45) is 22.9 Å². The van der Waals surface area contributed by atoms with Crippen LogP contribution in [0.4, 0.5) is 10.1 Å². The smallest absolute Gasteiger partial charge is 0.269 e. The van der Waals surface area contributed by atoms with Crippen molar-refractivity contribution in [2.75, 3.05) is 32.2 Å². The van der Waals surface area contributed by atoms with Crippen LogP contribution in [0.1, 0.15) is 139 Å². The Bertz CT molecular complexity index is 2470. The fourth-order valence-corrected chi connectivity index (χ4v) is 12.1. The van der Waals surface area contributed by atoms with Crippen LogP contribution in [0.3, 0.4) is 0 Å². The number of hydrogen-bond donors (Lipinski definition) is 2. The van der Waals surface area contributed by atoms with Gasteiger partial charge in [-0.25, -0.2) is 4.39 Å². The third-order valence-electron chi connectivity index (χ3n) is 15.0. The van der Waals surface area contributed by atoms with E-state index in [1.165, 1.54) is 56.4 Å². The highest BCUT2D eigenvalue weighted by Crippen LogP contribution is 2.62. The first-order valence-electron chi connectivity index (χ1n) is 27.5. The number of halogens is 1. The van der Waals surface area contributed by atoms with Gasteiger partial charge in [-0.15, -0.1) is 18.3 Å². The Kier molecular flexibility index (Phi) is 22.6. The molecule has 0 radical (unpaired) electrons. The number of nitrogens with zero attached hydrogens (tertiary/aromatic N) is 3. The van der Waals surface area contributed by atoms with E-state index in [9.17, 15) is 24.7 Å². The number of unbranched alkanes of at least 4 members (excludes halogenated alkanes) is 10. The summed E-state index contributed by atoms with van der Waals surface area (Å²) in [6, 6.07) is 27.9. The zero-order valence-corrected chi connectivity index (χ0v) is 44.7. The predicted molar refractivity (Wildman–Crippen MR) is 294 cm³/mol. The Hall–Kier alpha value is -5.54. The number of allylic oxidation sites excluding steroid dienone is 1. The summed E-state index contributed by atoms with van der Waals surface area (Å²) < 4.78 is 35.8. The van der Waals surface area contributed by atoms with Gasteiger partial charge in [-0.2, -0.15) is 0 Å². The van der Waals surface area contributed by atoms with Gasteiger partial charge >= 0.3 is 0 Å². The lowest BCUT2D eigenvalue weighted by molar-refractivity contribution is -0.384. The van der Waals surface area contributed by atoms with Crippen molar-refractivity contribution >= 4 is 29.1 Å². The number of nitro groups is 1. The van der Waals surface area contributed by atoms with Gasteiger partial charge < -0.3 is 34.2 Å². The minimum atomic E-state index is -1.48. The van der Waals surface area contributed by atoms with E-state index < -0.39 is 22.7 Å². The summed E-state index contributed by atoms with van der Waals surface area (Å²) in [5, 5.41) is 36.6. The van der Waals surface area contributed by atoms with Crippen LogP contribution in [0.15, 0.2) is 131 Å². The lowest BCUT2D eigenvalue weighted by Gasteiger charge is -2.60. The second kappa shape index (κ2) is 29.7. The lowest BCUT2D eigenvalue weighted by Crippen LogP contribution is -2.70. The first-order chi connectivity index (χ1) is 36.7. The van der Waals surface area contributed by atoms with Gasteiger partial charge in [-0.1, -0.05) is 119 Å². The van der Waals surface area contributed by atoms with Crippen LogP contribution < -0.4 is 9.47 Å². The zero-order valence-electron chi connectivity index (χ0n) is 43.8. The van der Waals surface area contributed by atoms with Crippen molar-refractivity contribution in [2.45, 2.75) is 152 Å². The molecule has 1 fully saturated rings. The molecule has 4 aromatic carbocycles. The normalized spacial score (nSPS) is 21.1. The summed E-state index contributed by atoms with van der Waals surface area (Å²) in [6.45, 7) is 7.22. The predicted octanol–water partition coefficient (Wildman–Crippen LogP) is 13.7. The van der Waals surface area contributed by atoms with Crippen molar-refractivity contribution in [1.29, 1.82) is 0 Å². The molecule has 1 heterocycles. The van der Waals surface area contributed by atoms with Crippen LogP contribution in [0.25, 0.3) is 0 Å². The summed E-state index contributed by atoms with van der Waals surface area (Å²) in [4.78, 5) is 35.7. The van der Waals surface area contributed by atoms with E-state index in [2.05, 4.69) is 37.8 Å². The van der Waals surface area contributed by atoms with Crippen LogP contribution in [0, 0.1) is 33.7 Å². The van der Waals surface area contributed by atoms with Gasteiger partial charge in [0, 0.05) is 66.9 Å². The highest BCUT2D eigenvalue weighted by atomic mass is 32.2. The first kappa shape index (κ1) is 57.2. The van der Waals surface area contributed by atoms with E-state index in [0.29, 0.717) is 55.1 Å². The molecule has 6 atom stereocenters. The number of fused-ring (bicyclic) bond motifs is 2. The largest absolute Gasteiger partial charge is 0.493 e. The quantitative estimate of drug-likeness (QED) is 0.0155. The molecule has 7 rings (SSSR count). The maximum Gasteiger partial charge on any atom is 0.269 e. The molecule has 0 saturated heterocycles. The van der Waals surface area contributed by atoms with Gasteiger partial charge in [-0.05, 0) is 115 Å². The second-order valence-electron chi connectivity index (χ2n) is 20.2. The van der Waals surface area contributed by atoms with E-state index in [0.717, 1.165) is 72.3 Å². The maximum absolute atomic E-state index is 15.3. The Morgan fingerprint density at radius 2 is 1.59 bits per heavy atom. The highest BCUT2D eigenvalue weighted by Gasteiger charge is 2.65. The molecule has 2 N–H and O–H groups in total. The Labute approximate surface area is 447 Å². The van der Waals surface area contributed by atoms with E-state index in [4.69, 9.17) is 24.2 Å². The van der Waals surface area contributed by atoms with Gasteiger partial charge in [0.05, 0.1) is 29.8 Å². The van der Waals surface area contributed by atoms with Gasteiger partial charge in [0.2, 0.25) is 11.7 Å². The minimum absolute atomic E-state index is 0.00601. The van der Waals surface area contributed by atoms with Crippen LogP contribution in [0.2, 0.25) is 0 Å². The molecular weight excluding hydrogens is 970 g/mol. The van der Waals surface area contributed by atoms with E-state index in [1.54, 1.807) is 42.1 Å². The molecule has 1 aliphatic heterocycles. The van der Waals surface area contributed by atoms with E-state index >= 15 is 4.79 Å². The van der Waals surface area contributed by atoms with Crippen LogP contribution in [-0.4, -0.2) is 75.7 Å². The molecule has 0 spiro atoms. The zero-order chi connectivity index (χ0) is 52.8. The molecule has 4 aromatic rings. The fourth-order valence-electron chi connectivity index (χ4n) is 11.4. The second-order valence-corrected chi connectivity index (χ2v) is 21.4. The monoisotopic (exact) mass is 1050 g/mol. The number of nitro benzene ring substituents is 1. The first-order valence-corrected chi connectivity index (χ1v) is 28.5. The van der Waals surface area contributed by atoms with Crippen molar-refractivity contribution in [1.82, 2.24) is 4.90 Å². The number of aliphatic hydroxyl groups excluding tert-OH is 2. The molecule has 3 aliphatic rings. The number of hydrogen-bond acceptors (Lipinski definition) is 11. The molecule has 0 aromatic heterocycles. The van der Waals surface area contributed by atoms with Crippen molar-refractivity contribution < 1.29 is 43.4 Å². The molecule has 0 bridgehead atoms. The summed E-state index contributed by atoms with van der Waals surface area (Å²) in [5.74, 6) is -0.648. The maximum atomic E-state index is 15.3. The summed E-state index contributed by atoms with van der Waals surface area (Å²) in [7, 11) is 0. The Morgan fingerprint density at radius 3 is 2.28 bits per heavy atom. The molecule has 404 valence electrons. The number of aliphatic hydroxyl groups is 2. The average molecular weight is 1050 g/mol. The summed E-state index contributed by atoms with van der Waals surface area (Å²) in [6.07, 6.45) is 18.8. The van der Waals surface area contributed by atoms with Crippen molar-refractivity contribution in [3.8, 4) is 11.5 Å². The van der Waals surface area contributed by atoms with Gasteiger partial charge in [-0.3, -0.25) is 14.9 Å². The number of carbonyl (C=O) groups excluding carboxylic acids is 1. The number of ether oxygens (including phenoxy) is 3. The SMILES string of the molecule is C=CCOC12Oc3ccc(OCCSc4ccccc4)cc3C3C(CCCCO)C(CCCCO)C=C(C(=NOCc4ccc([N+](=O)[O-])cc4)CC1N(Cc1ccc(F)cc1)C(=O)CCCCCCCCCCC)C32. The standard InChI is InChI=1S/C61H78FN3O9S/c1-3-5-6-7-8-9-10-11-15-24-58(68)64(43-45-25-29-48(62)30-26-45)57-42-55(63-73-44-46-27-31-49(32-28-46)65(69)70)53-40-47(20-16-18-35-66)52(23-17-19-36-67)59-54-41-50(71-38-39-75-51-21-13-12-14-22-51)33-34-56(54)74-61(57,60(53)59)72-37-4-2/h4,12-14,21-22,25-34,40-41,47,52,57,59-60,66-67H,2-3,5-11,15-20,23-24,35-39,42-44H2,1H3.